The van der Waals surface area contributed by atoms with Gasteiger partial charge in [-0.25, -0.2) is 22.7 Å². The molecule has 0 atom stereocenters. The number of hydrogen-bond donors (Lipinski definition) is 1. The fourth-order valence-corrected chi connectivity index (χ4v) is 2.79. The van der Waals surface area contributed by atoms with Crippen LogP contribution >= 0.6 is 0 Å². The van der Waals surface area contributed by atoms with Crippen molar-refractivity contribution in [3.63, 3.8) is 0 Å². The highest BCUT2D eigenvalue weighted by Crippen LogP contribution is 2.16. The molecule has 17 heavy (non-hydrogen) atoms. The summed E-state index contributed by atoms with van der Waals surface area (Å²) >= 11 is 0. The molecule has 1 aromatic rings. The molecule has 0 amide bonds. The molecule has 2 heterocycles. The maximum absolute atomic E-state index is 11.3. The monoisotopic (exact) mass is 256 g/mol. The Balaban J connectivity index is 1.88. The number of nitrogens with one attached hydrogen (secondary N) is 1. The summed E-state index contributed by atoms with van der Waals surface area (Å²) in [4.78, 5) is 7.93. The number of aromatic nitrogens is 2. The molecular formula is C10H16N4O2S. The van der Waals surface area contributed by atoms with Crippen LogP contribution in [0.15, 0.2) is 18.6 Å². The molecule has 1 saturated heterocycles. The van der Waals surface area contributed by atoms with Crippen LogP contribution in [0.1, 0.15) is 12.8 Å². The van der Waals surface area contributed by atoms with Crippen LogP contribution in [-0.2, 0) is 10.0 Å². The van der Waals surface area contributed by atoms with Gasteiger partial charge in [-0.3, -0.25) is 0 Å². The van der Waals surface area contributed by atoms with Gasteiger partial charge in [0, 0.05) is 25.3 Å². The zero-order valence-corrected chi connectivity index (χ0v) is 10.5. The lowest BCUT2D eigenvalue weighted by atomic mass is 10.1. The van der Waals surface area contributed by atoms with Crippen LogP contribution in [0.2, 0.25) is 0 Å². The fourth-order valence-electron chi connectivity index (χ4n) is 1.92. The Kier molecular flexibility index (Phi) is 3.58. The van der Waals surface area contributed by atoms with E-state index in [2.05, 4.69) is 15.3 Å². The Bertz CT molecular complexity index is 454. The van der Waals surface area contributed by atoms with Crippen molar-refractivity contribution in [2.75, 3.05) is 24.7 Å². The molecule has 94 valence electrons. The number of rotatable bonds is 3. The van der Waals surface area contributed by atoms with Crippen molar-refractivity contribution < 1.29 is 8.42 Å². The molecule has 0 aromatic carbocycles. The van der Waals surface area contributed by atoms with Crippen molar-refractivity contribution in [2.45, 2.75) is 18.9 Å². The Morgan fingerprint density at radius 2 is 2.12 bits per heavy atom. The minimum Gasteiger partial charge on any atom is -0.367 e. The summed E-state index contributed by atoms with van der Waals surface area (Å²) in [5, 5.41) is 3.28. The normalized spacial score (nSPS) is 19.1. The Morgan fingerprint density at radius 3 is 2.65 bits per heavy atom. The molecule has 2 rings (SSSR count). The zero-order valence-electron chi connectivity index (χ0n) is 9.70. The molecule has 0 spiro atoms. The maximum atomic E-state index is 11.3. The van der Waals surface area contributed by atoms with E-state index in [-0.39, 0.29) is 6.04 Å². The van der Waals surface area contributed by atoms with E-state index in [1.54, 1.807) is 6.20 Å². The highest BCUT2D eigenvalue weighted by molar-refractivity contribution is 7.88. The van der Waals surface area contributed by atoms with Crippen LogP contribution in [0.4, 0.5) is 5.82 Å². The number of sulfonamides is 1. The highest BCUT2D eigenvalue weighted by atomic mass is 32.2. The second-order valence-electron chi connectivity index (χ2n) is 4.18. The number of anilines is 1. The van der Waals surface area contributed by atoms with E-state index < -0.39 is 10.0 Å². The van der Waals surface area contributed by atoms with E-state index in [9.17, 15) is 8.42 Å². The standard InChI is InChI=1S/C10H16N4O2S/c1-17(15,16)14-6-3-9(4-7-14)13-10-2-5-11-8-12-10/h2,5,8-9H,3-4,6-7H2,1H3,(H,11,12,13). The smallest absolute Gasteiger partial charge is 0.211 e. The summed E-state index contributed by atoms with van der Waals surface area (Å²) in [6.07, 6.45) is 6.04. The third-order valence-electron chi connectivity index (χ3n) is 2.86. The Hall–Kier alpha value is -1.21. The van der Waals surface area contributed by atoms with Gasteiger partial charge in [-0.1, -0.05) is 0 Å². The van der Waals surface area contributed by atoms with Gasteiger partial charge in [-0.05, 0) is 18.9 Å². The van der Waals surface area contributed by atoms with Crippen molar-refractivity contribution in [3.05, 3.63) is 18.6 Å². The van der Waals surface area contributed by atoms with Crippen LogP contribution in [0, 0.1) is 0 Å². The van der Waals surface area contributed by atoms with Gasteiger partial charge in [0.2, 0.25) is 10.0 Å². The molecular weight excluding hydrogens is 240 g/mol. The first kappa shape index (κ1) is 12.3. The van der Waals surface area contributed by atoms with Gasteiger partial charge in [0.25, 0.3) is 0 Å². The Labute approximate surface area is 101 Å². The van der Waals surface area contributed by atoms with Crippen LogP contribution in [0.5, 0.6) is 0 Å². The third-order valence-corrected chi connectivity index (χ3v) is 4.16. The van der Waals surface area contributed by atoms with Gasteiger partial charge in [-0.2, -0.15) is 0 Å². The van der Waals surface area contributed by atoms with Gasteiger partial charge < -0.3 is 5.32 Å². The molecule has 0 saturated carbocycles. The molecule has 7 heteroatoms. The summed E-state index contributed by atoms with van der Waals surface area (Å²) in [5.74, 6) is 0.790. The molecule has 1 aliphatic rings. The first-order valence-corrected chi connectivity index (χ1v) is 7.38. The summed E-state index contributed by atoms with van der Waals surface area (Å²) in [5.41, 5.74) is 0. The van der Waals surface area contributed by atoms with Crippen LogP contribution in [0.3, 0.4) is 0 Å². The lowest BCUT2D eigenvalue weighted by Gasteiger charge is -2.30. The van der Waals surface area contributed by atoms with E-state index >= 15 is 0 Å². The van der Waals surface area contributed by atoms with Gasteiger partial charge in [0.05, 0.1) is 6.26 Å². The Morgan fingerprint density at radius 1 is 1.41 bits per heavy atom. The summed E-state index contributed by atoms with van der Waals surface area (Å²) in [6.45, 7) is 1.14. The molecule has 1 fully saturated rings. The van der Waals surface area contributed by atoms with Crippen LogP contribution in [0.25, 0.3) is 0 Å². The van der Waals surface area contributed by atoms with Crippen molar-refractivity contribution in [2.24, 2.45) is 0 Å². The average Bonchev–Trinajstić information content (AvgIpc) is 2.30. The molecule has 6 nitrogen and oxygen atoms in total. The molecule has 1 N–H and O–H groups in total. The van der Waals surface area contributed by atoms with Crippen molar-refractivity contribution in [1.82, 2.24) is 14.3 Å². The zero-order chi connectivity index (χ0) is 12.3. The van der Waals surface area contributed by atoms with E-state index in [1.165, 1.54) is 16.9 Å². The topological polar surface area (TPSA) is 75.2 Å². The second kappa shape index (κ2) is 4.97. The molecule has 1 aromatic heterocycles. The van der Waals surface area contributed by atoms with Crippen molar-refractivity contribution >= 4 is 15.8 Å². The van der Waals surface area contributed by atoms with E-state index in [4.69, 9.17) is 0 Å². The molecule has 1 aliphatic heterocycles. The van der Waals surface area contributed by atoms with Gasteiger partial charge in [0.1, 0.15) is 12.1 Å². The van der Waals surface area contributed by atoms with Crippen molar-refractivity contribution in [3.8, 4) is 0 Å². The molecule has 0 bridgehead atoms. The summed E-state index contributed by atoms with van der Waals surface area (Å²) < 4.78 is 24.2. The molecule has 0 aliphatic carbocycles. The quantitative estimate of drug-likeness (QED) is 0.842. The van der Waals surface area contributed by atoms with E-state index in [1.807, 2.05) is 6.07 Å². The minimum atomic E-state index is -3.04. The maximum Gasteiger partial charge on any atom is 0.211 e. The molecule has 0 radical (unpaired) electrons. The van der Waals surface area contributed by atoms with Gasteiger partial charge in [0.15, 0.2) is 0 Å². The minimum absolute atomic E-state index is 0.280. The highest BCUT2D eigenvalue weighted by Gasteiger charge is 2.24. The largest absolute Gasteiger partial charge is 0.367 e. The number of hydrogen-bond acceptors (Lipinski definition) is 5. The molecule has 0 unspecified atom stereocenters. The number of piperidine rings is 1. The fraction of sp³-hybridized carbons (Fsp3) is 0.600. The van der Waals surface area contributed by atoms with E-state index in [0.29, 0.717) is 13.1 Å². The second-order valence-corrected chi connectivity index (χ2v) is 6.16. The predicted octanol–water partition coefficient (Wildman–Crippen LogP) is 0.312. The van der Waals surface area contributed by atoms with E-state index in [0.717, 1.165) is 18.7 Å². The van der Waals surface area contributed by atoms with Gasteiger partial charge in [-0.15, -0.1) is 0 Å². The van der Waals surface area contributed by atoms with Crippen LogP contribution in [-0.4, -0.2) is 48.1 Å². The first-order chi connectivity index (χ1) is 8.05. The average molecular weight is 256 g/mol. The lowest BCUT2D eigenvalue weighted by molar-refractivity contribution is 0.331. The summed E-state index contributed by atoms with van der Waals surface area (Å²) in [7, 11) is -3.04. The third kappa shape index (κ3) is 3.37. The van der Waals surface area contributed by atoms with Crippen molar-refractivity contribution in [1.29, 1.82) is 0 Å². The van der Waals surface area contributed by atoms with Crippen LogP contribution < -0.4 is 5.32 Å². The lowest BCUT2D eigenvalue weighted by Crippen LogP contribution is -2.41. The first-order valence-electron chi connectivity index (χ1n) is 5.53. The SMILES string of the molecule is CS(=O)(=O)N1CCC(Nc2ccncn2)CC1. The number of nitrogens with zero attached hydrogens (tertiary/aromatic N) is 3. The van der Waals surface area contributed by atoms with Gasteiger partial charge >= 0.3 is 0 Å². The predicted molar refractivity (Wildman–Crippen MR) is 65.1 cm³/mol. The summed E-state index contributed by atoms with van der Waals surface area (Å²) in [6, 6.07) is 2.09.